The zero-order valence-corrected chi connectivity index (χ0v) is 17.7. The quantitative estimate of drug-likeness (QED) is 0.630. The zero-order chi connectivity index (χ0) is 21.0. The zero-order valence-electron chi connectivity index (χ0n) is 17.7. The minimum Gasteiger partial charge on any atom is -0.400 e. The fraction of sp³-hybridized carbons (Fsp3) is 0.727. The molecule has 1 saturated heterocycles. The Kier molecular flexibility index (Phi) is 7.33. The number of piperidine rings is 1. The molecular formula is C22H35FN4O2. The van der Waals surface area contributed by atoms with Gasteiger partial charge in [-0.15, -0.1) is 0 Å². The van der Waals surface area contributed by atoms with Gasteiger partial charge >= 0.3 is 0 Å². The molecule has 29 heavy (non-hydrogen) atoms. The van der Waals surface area contributed by atoms with Crippen molar-refractivity contribution in [3.05, 3.63) is 23.3 Å². The first kappa shape index (κ1) is 21.8. The van der Waals surface area contributed by atoms with Crippen molar-refractivity contribution in [1.29, 1.82) is 0 Å². The highest BCUT2D eigenvalue weighted by Gasteiger charge is 2.30. The van der Waals surface area contributed by atoms with Crippen LogP contribution < -0.4 is 16.4 Å². The lowest BCUT2D eigenvalue weighted by molar-refractivity contribution is -0.125. The van der Waals surface area contributed by atoms with Crippen LogP contribution in [0.2, 0.25) is 0 Å². The Morgan fingerprint density at radius 3 is 2.45 bits per heavy atom. The van der Waals surface area contributed by atoms with E-state index in [1.165, 1.54) is 26.0 Å². The lowest BCUT2D eigenvalue weighted by Crippen LogP contribution is -2.45. The lowest BCUT2D eigenvalue weighted by atomic mass is 9.81. The van der Waals surface area contributed by atoms with Crippen molar-refractivity contribution < 1.29 is 14.0 Å². The van der Waals surface area contributed by atoms with Crippen molar-refractivity contribution in [2.75, 3.05) is 26.7 Å². The van der Waals surface area contributed by atoms with E-state index in [2.05, 4.69) is 22.5 Å². The van der Waals surface area contributed by atoms with E-state index in [9.17, 15) is 14.0 Å². The molecule has 1 atom stereocenters. The second kappa shape index (κ2) is 9.74. The van der Waals surface area contributed by atoms with Gasteiger partial charge in [0.15, 0.2) is 0 Å². The van der Waals surface area contributed by atoms with Crippen LogP contribution in [0.25, 0.3) is 0 Å². The van der Waals surface area contributed by atoms with Crippen LogP contribution in [0, 0.1) is 17.8 Å². The average molecular weight is 407 g/mol. The summed E-state index contributed by atoms with van der Waals surface area (Å²) in [4.78, 5) is 26.6. The molecule has 3 rings (SSSR count). The summed E-state index contributed by atoms with van der Waals surface area (Å²) in [6, 6.07) is 0.200. The highest BCUT2D eigenvalue weighted by Crippen LogP contribution is 2.30. The van der Waals surface area contributed by atoms with Crippen LogP contribution in [0.3, 0.4) is 0 Å². The molecule has 4 N–H and O–H groups in total. The maximum atomic E-state index is 14.3. The summed E-state index contributed by atoms with van der Waals surface area (Å²) in [6.45, 7) is 4.53. The monoisotopic (exact) mass is 406 g/mol. The molecule has 1 heterocycles. The number of rotatable bonds is 6. The van der Waals surface area contributed by atoms with Crippen LogP contribution >= 0.6 is 0 Å². The molecule has 2 fully saturated rings. The molecule has 0 bridgehead atoms. The van der Waals surface area contributed by atoms with Crippen molar-refractivity contribution >= 4 is 11.7 Å². The maximum Gasteiger partial charge on any atom is 0.230 e. The normalized spacial score (nSPS) is 29.3. The fourth-order valence-electron chi connectivity index (χ4n) is 4.67. The third-order valence-electron chi connectivity index (χ3n) is 6.75. The van der Waals surface area contributed by atoms with Crippen LogP contribution in [0.15, 0.2) is 23.3 Å². The van der Waals surface area contributed by atoms with Crippen molar-refractivity contribution in [3.8, 4) is 0 Å². The lowest BCUT2D eigenvalue weighted by Gasteiger charge is -2.35. The number of allylic oxidation sites excluding steroid dienone is 2. The van der Waals surface area contributed by atoms with Crippen molar-refractivity contribution in [3.63, 3.8) is 0 Å². The number of nitrogens with zero attached hydrogens (tertiary/aromatic N) is 1. The molecule has 3 aliphatic rings. The number of Topliss-reactive ketones (excluding diaryl/α,β-unsaturated/α-hetero) is 1. The van der Waals surface area contributed by atoms with E-state index in [-0.39, 0.29) is 24.3 Å². The molecule has 7 heteroatoms. The van der Waals surface area contributed by atoms with Crippen LogP contribution in [-0.2, 0) is 9.59 Å². The van der Waals surface area contributed by atoms with Gasteiger partial charge in [0.25, 0.3) is 0 Å². The number of carbonyl (C=O) groups is 2. The summed E-state index contributed by atoms with van der Waals surface area (Å²) < 4.78 is 14.3. The number of ketones is 1. The Labute approximate surface area is 173 Å². The Morgan fingerprint density at radius 2 is 1.83 bits per heavy atom. The molecule has 0 radical (unpaired) electrons. The highest BCUT2D eigenvalue weighted by molar-refractivity contribution is 5.83. The first-order valence-electron chi connectivity index (χ1n) is 11.0. The van der Waals surface area contributed by atoms with E-state index in [0.29, 0.717) is 23.7 Å². The number of nitrogens with one attached hydrogen (secondary N) is 2. The molecule has 1 aliphatic heterocycles. The first-order valence-corrected chi connectivity index (χ1v) is 11.0. The van der Waals surface area contributed by atoms with Gasteiger partial charge in [0, 0.05) is 44.2 Å². The van der Waals surface area contributed by atoms with E-state index in [1.807, 2.05) is 0 Å². The molecule has 0 spiro atoms. The summed E-state index contributed by atoms with van der Waals surface area (Å²) in [7, 11) is 1.50. The number of nitrogens with two attached hydrogens (primary N) is 1. The minimum absolute atomic E-state index is 0.192. The highest BCUT2D eigenvalue weighted by atomic mass is 19.1. The first-order chi connectivity index (χ1) is 13.9. The van der Waals surface area contributed by atoms with Crippen LogP contribution in [-0.4, -0.2) is 49.3 Å². The van der Waals surface area contributed by atoms with Gasteiger partial charge in [-0.05, 0) is 37.7 Å². The minimum atomic E-state index is -0.832. The second-order valence-electron chi connectivity index (χ2n) is 8.96. The molecule has 1 unspecified atom stereocenters. The largest absolute Gasteiger partial charge is 0.400 e. The molecule has 0 aromatic heterocycles. The standard InChI is InChI=1S/C22H35FN4O2/c1-14-3-5-15(6-4-14)21(28)13-27-9-7-16(8-10-27)26-20-12-18(23)17(11-19(20)24)22(29)25-2/h12,14-17,26H,3-11,13,24H2,1-2H3,(H,25,29). The SMILES string of the molecule is CNC(=O)C1CC(N)=C(NC2CCN(CC(=O)C3CCC(C)CC3)CC2)C=C1F. The number of amides is 1. The number of hydrogen-bond acceptors (Lipinski definition) is 5. The van der Waals surface area contributed by atoms with Crippen LogP contribution in [0.5, 0.6) is 0 Å². The average Bonchev–Trinajstić information content (AvgIpc) is 2.71. The van der Waals surface area contributed by atoms with Crippen molar-refractivity contribution in [1.82, 2.24) is 15.5 Å². The third-order valence-corrected chi connectivity index (χ3v) is 6.75. The summed E-state index contributed by atoms with van der Waals surface area (Å²) in [5.74, 6) is -0.241. The molecule has 6 nitrogen and oxygen atoms in total. The molecule has 1 saturated carbocycles. The summed E-state index contributed by atoms with van der Waals surface area (Å²) in [5, 5.41) is 5.83. The molecule has 2 aliphatic carbocycles. The van der Waals surface area contributed by atoms with Crippen LogP contribution in [0.4, 0.5) is 4.39 Å². The van der Waals surface area contributed by atoms with E-state index in [4.69, 9.17) is 5.73 Å². The molecule has 0 aromatic rings. The second-order valence-corrected chi connectivity index (χ2v) is 8.96. The number of halogens is 1. The summed E-state index contributed by atoms with van der Waals surface area (Å²) in [5.41, 5.74) is 7.21. The van der Waals surface area contributed by atoms with Gasteiger partial charge in [-0.1, -0.05) is 19.8 Å². The van der Waals surface area contributed by atoms with Gasteiger partial charge in [-0.3, -0.25) is 14.5 Å². The predicted molar refractivity (Wildman–Crippen MR) is 111 cm³/mol. The number of likely N-dealkylation sites (tertiary alicyclic amines) is 1. The van der Waals surface area contributed by atoms with Crippen molar-refractivity contribution in [2.45, 2.75) is 57.9 Å². The predicted octanol–water partition coefficient (Wildman–Crippen LogP) is 2.23. The van der Waals surface area contributed by atoms with Gasteiger partial charge in [0.05, 0.1) is 18.2 Å². The molecule has 162 valence electrons. The Balaban J connectivity index is 1.45. The Bertz CT molecular complexity index is 674. The van der Waals surface area contributed by atoms with Crippen molar-refractivity contribution in [2.24, 2.45) is 23.5 Å². The Morgan fingerprint density at radius 1 is 1.17 bits per heavy atom. The van der Waals surface area contributed by atoms with E-state index in [0.717, 1.165) is 44.7 Å². The van der Waals surface area contributed by atoms with E-state index in [1.54, 1.807) is 0 Å². The van der Waals surface area contributed by atoms with Gasteiger partial charge < -0.3 is 16.4 Å². The molecule has 0 aromatic carbocycles. The third kappa shape index (κ3) is 5.59. The van der Waals surface area contributed by atoms with Gasteiger partial charge in [-0.25, -0.2) is 4.39 Å². The van der Waals surface area contributed by atoms with Gasteiger partial charge in [0.2, 0.25) is 5.91 Å². The summed E-state index contributed by atoms with van der Waals surface area (Å²) in [6.07, 6.45) is 7.75. The smallest absolute Gasteiger partial charge is 0.230 e. The maximum absolute atomic E-state index is 14.3. The molecular weight excluding hydrogens is 371 g/mol. The van der Waals surface area contributed by atoms with Gasteiger partial charge in [-0.2, -0.15) is 0 Å². The van der Waals surface area contributed by atoms with Gasteiger partial charge in [0.1, 0.15) is 11.6 Å². The topological polar surface area (TPSA) is 87.5 Å². The summed E-state index contributed by atoms with van der Waals surface area (Å²) >= 11 is 0. The van der Waals surface area contributed by atoms with Crippen LogP contribution in [0.1, 0.15) is 51.9 Å². The number of carbonyl (C=O) groups excluding carboxylic acids is 2. The molecule has 1 amide bonds. The van der Waals surface area contributed by atoms with E-state index >= 15 is 0 Å². The van der Waals surface area contributed by atoms with E-state index < -0.39 is 11.7 Å². The fourth-order valence-corrected chi connectivity index (χ4v) is 4.67. The number of hydrogen-bond donors (Lipinski definition) is 3. The Hall–Kier alpha value is -1.89.